The maximum atomic E-state index is 13.4. The number of aliphatic hydroxyl groups is 1. The highest BCUT2D eigenvalue weighted by molar-refractivity contribution is 6.02. The molecule has 4 rings (SSSR count). The van der Waals surface area contributed by atoms with Gasteiger partial charge in [-0.05, 0) is 65.0 Å². The van der Waals surface area contributed by atoms with E-state index < -0.39 is 11.5 Å². The fourth-order valence-electron chi connectivity index (χ4n) is 4.03. The summed E-state index contributed by atoms with van der Waals surface area (Å²) in [4.78, 5) is 21.5. The van der Waals surface area contributed by atoms with Crippen molar-refractivity contribution in [2.45, 2.75) is 65.1 Å². The molecule has 0 saturated heterocycles. The standard InChI is InChI=1S/C23H29FN6O2/c1-12(2)27-20-17(22(31)28-15-7-14(8-15)23(4,5)32)10-26-30-11-18(29-21(20)30)16-9-25-19(24)6-13(16)3/h6,9-12,14-15,27,32H,7-8H2,1-5H3,(H,28,31). The number of nitrogens with zero attached hydrogens (tertiary/aromatic N) is 4. The third-order valence-electron chi connectivity index (χ3n) is 6.00. The molecule has 3 aromatic heterocycles. The van der Waals surface area contributed by atoms with Crippen LogP contribution in [0.1, 0.15) is 56.5 Å². The average Bonchev–Trinajstić information content (AvgIpc) is 3.07. The molecule has 3 aromatic rings. The Bertz CT molecular complexity index is 1160. The van der Waals surface area contributed by atoms with Crippen molar-refractivity contribution in [2.75, 3.05) is 5.32 Å². The van der Waals surface area contributed by atoms with Gasteiger partial charge in [-0.2, -0.15) is 9.49 Å². The first-order chi connectivity index (χ1) is 15.0. The van der Waals surface area contributed by atoms with E-state index in [0.29, 0.717) is 33.7 Å². The summed E-state index contributed by atoms with van der Waals surface area (Å²) >= 11 is 0. The Morgan fingerprint density at radius 3 is 2.66 bits per heavy atom. The summed E-state index contributed by atoms with van der Waals surface area (Å²) in [7, 11) is 0. The van der Waals surface area contributed by atoms with Gasteiger partial charge in [-0.3, -0.25) is 4.79 Å². The molecule has 0 aliphatic heterocycles. The minimum atomic E-state index is -0.744. The summed E-state index contributed by atoms with van der Waals surface area (Å²) in [6.45, 7) is 9.36. The number of rotatable bonds is 6. The largest absolute Gasteiger partial charge is 0.390 e. The molecule has 0 bridgehead atoms. The van der Waals surface area contributed by atoms with Crippen LogP contribution in [-0.4, -0.2) is 48.3 Å². The molecule has 3 N–H and O–H groups in total. The molecule has 0 atom stereocenters. The lowest BCUT2D eigenvalue weighted by Gasteiger charge is -2.42. The lowest BCUT2D eigenvalue weighted by molar-refractivity contribution is -0.0309. The van der Waals surface area contributed by atoms with Crippen LogP contribution in [0.5, 0.6) is 0 Å². The summed E-state index contributed by atoms with van der Waals surface area (Å²) in [5, 5.41) is 20.9. The van der Waals surface area contributed by atoms with Crippen LogP contribution < -0.4 is 10.6 Å². The summed E-state index contributed by atoms with van der Waals surface area (Å²) in [5.74, 6) is -0.604. The second-order valence-corrected chi connectivity index (χ2v) is 9.44. The summed E-state index contributed by atoms with van der Waals surface area (Å²) in [5.41, 5.74) is 2.76. The van der Waals surface area contributed by atoms with Gasteiger partial charge in [0, 0.05) is 23.8 Å². The lowest BCUT2D eigenvalue weighted by atomic mass is 9.71. The number of halogens is 1. The first-order valence-corrected chi connectivity index (χ1v) is 10.8. The Kier molecular flexibility index (Phi) is 5.62. The average molecular weight is 441 g/mol. The number of carbonyl (C=O) groups excluding carboxylic acids is 1. The number of fused-ring (bicyclic) bond motifs is 1. The number of imidazole rings is 1. The van der Waals surface area contributed by atoms with Gasteiger partial charge in [0.1, 0.15) is 0 Å². The number of carbonyl (C=O) groups is 1. The van der Waals surface area contributed by atoms with Crippen molar-refractivity contribution in [2.24, 2.45) is 5.92 Å². The van der Waals surface area contributed by atoms with Crippen molar-refractivity contribution in [3.63, 3.8) is 0 Å². The number of aryl methyl sites for hydroxylation is 1. The van der Waals surface area contributed by atoms with Crippen molar-refractivity contribution >= 4 is 17.2 Å². The zero-order valence-corrected chi connectivity index (χ0v) is 19.0. The molecule has 170 valence electrons. The molecule has 1 fully saturated rings. The van der Waals surface area contributed by atoms with E-state index in [1.807, 2.05) is 13.8 Å². The molecule has 3 heterocycles. The Morgan fingerprint density at radius 1 is 1.31 bits per heavy atom. The van der Waals surface area contributed by atoms with E-state index in [1.54, 1.807) is 31.5 Å². The molecule has 8 nitrogen and oxygen atoms in total. The van der Waals surface area contributed by atoms with Crippen LogP contribution in [0, 0.1) is 18.8 Å². The van der Waals surface area contributed by atoms with Gasteiger partial charge in [-0.25, -0.2) is 14.5 Å². The van der Waals surface area contributed by atoms with Crippen LogP contribution in [0.15, 0.2) is 24.7 Å². The van der Waals surface area contributed by atoms with Gasteiger partial charge in [0.2, 0.25) is 5.95 Å². The monoisotopic (exact) mass is 440 g/mol. The van der Waals surface area contributed by atoms with Gasteiger partial charge in [0.25, 0.3) is 5.91 Å². The molecule has 1 aliphatic carbocycles. The Morgan fingerprint density at radius 2 is 2.03 bits per heavy atom. The number of hydrogen-bond acceptors (Lipinski definition) is 6. The Balaban J connectivity index is 1.66. The number of pyridine rings is 1. The van der Waals surface area contributed by atoms with E-state index in [1.165, 1.54) is 18.5 Å². The zero-order chi connectivity index (χ0) is 23.2. The van der Waals surface area contributed by atoms with Crippen LogP contribution >= 0.6 is 0 Å². The normalized spacial score (nSPS) is 18.6. The van der Waals surface area contributed by atoms with Crippen molar-refractivity contribution in [3.8, 4) is 11.3 Å². The third-order valence-corrected chi connectivity index (χ3v) is 6.00. The molecule has 0 spiro atoms. The van der Waals surface area contributed by atoms with Crippen LogP contribution in [0.4, 0.5) is 10.1 Å². The minimum Gasteiger partial charge on any atom is -0.390 e. The zero-order valence-electron chi connectivity index (χ0n) is 19.0. The van der Waals surface area contributed by atoms with E-state index in [2.05, 4.69) is 25.7 Å². The highest BCUT2D eigenvalue weighted by Gasteiger charge is 2.39. The number of anilines is 1. The topological polar surface area (TPSA) is 104 Å². The first-order valence-electron chi connectivity index (χ1n) is 10.8. The van der Waals surface area contributed by atoms with Gasteiger partial charge in [0.15, 0.2) is 5.65 Å². The highest BCUT2D eigenvalue weighted by atomic mass is 19.1. The maximum Gasteiger partial charge on any atom is 0.255 e. The number of hydrogen-bond donors (Lipinski definition) is 3. The van der Waals surface area contributed by atoms with E-state index >= 15 is 0 Å². The minimum absolute atomic E-state index is 0.0188. The third kappa shape index (κ3) is 4.29. The predicted octanol–water partition coefficient (Wildman–Crippen LogP) is 3.34. The highest BCUT2D eigenvalue weighted by Crippen LogP contribution is 2.36. The summed E-state index contributed by atoms with van der Waals surface area (Å²) in [6.07, 6.45) is 6.19. The van der Waals surface area contributed by atoms with Crippen molar-refractivity contribution in [1.29, 1.82) is 0 Å². The van der Waals surface area contributed by atoms with Crippen LogP contribution in [0.3, 0.4) is 0 Å². The molecular formula is C23H29FN6O2. The Labute approximate surface area is 186 Å². The van der Waals surface area contributed by atoms with E-state index in [9.17, 15) is 14.3 Å². The predicted molar refractivity (Wildman–Crippen MR) is 120 cm³/mol. The Hall–Kier alpha value is -3.07. The van der Waals surface area contributed by atoms with Gasteiger partial charge in [0.05, 0.1) is 34.9 Å². The SMILES string of the molecule is Cc1cc(F)ncc1-c1cn2ncc(C(=O)NC3CC(C(C)(C)O)C3)c(NC(C)C)c2n1. The molecule has 0 unspecified atom stereocenters. The van der Waals surface area contributed by atoms with Gasteiger partial charge in [-0.15, -0.1) is 0 Å². The molecule has 0 radical (unpaired) electrons. The molecule has 1 saturated carbocycles. The second-order valence-electron chi connectivity index (χ2n) is 9.44. The quantitative estimate of drug-likeness (QED) is 0.508. The molecular weight excluding hydrogens is 411 g/mol. The van der Waals surface area contributed by atoms with E-state index in [0.717, 1.165) is 12.8 Å². The maximum absolute atomic E-state index is 13.4. The first kappa shape index (κ1) is 22.1. The van der Waals surface area contributed by atoms with Gasteiger partial charge in [-0.1, -0.05) is 0 Å². The lowest BCUT2D eigenvalue weighted by Crippen LogP contribution is -2.51. The fourth-order valence-corrected chi connectivity index (χ4v) is 4.03. The molecule has 0 aromatic carbocycles. The van der Waals surface area contributed by atoms with Crippen LogP contribution in [0.2, 0.25) is 0 Å². The number of aromatic nitrogens is 4. The van der Waals surface area contributed by atoms with Crippen LogP contribution in [0.25, 0.3) is 16.9 Å². The molecule has 9 heteroatoms. The molecule has 1 aliphatic rings. The second kappa shape index (κ2) is 8.12. The van der Waals surface area contributed by atoms with E-state index in [4.69, 9.17) is 0 Å². The summed E-state index contributed by atoms with van der Waals surface area (Å²) in [6, 6.07) is 1.44. The van der Waals surface area contributed by atoms with Crippen molar-refractivity contribution in [3.05, 3.63) is 41.7 Å². The molecule has 32 heavy (non-hydrogen) atoms. The van der Waals surface area contributed by atoms with Crippen molar-refractivity contribution in [1.82, 2.24) is 24.9 Å². The molecule has 1 amide bonds. The fraction of sp³-hybridized carbons (Fsp3) is 0.478. The summed E-state index contributed by atoms with van der Waals surface area (Å²) < 4.78 is 15.0. The van der Waals surface area contributed by atoms with Gasteiger partial charge >= 0.3 is 0 Å². The van der Waals surface area contributed by atoms with Crippen molar-refractivity contribution < 1.29 is 14.3 Å². The number of nitrogens with one attached hydrogen (secondary N) is 2. The van der Waals surface area contributed by atoms with Crippen LogP contribution in [-0.2, 0) is 0 Å². The van der Waals surface area contributed by atoms with E-state index in [-0.39, 0.29) is 23.9 Å². The van der Waals surface area contributed by atoms with Gasteiger partial charge < -0.3 is 15.7 Å². The number of amides is 1. The smallest absolute Gasteiger partial charge is 0.255 e.